The Morgan fingerprint density at radius 3 is 2.19 bits per heavy atom. The lowest BCUT2D eigenvalue weighted by Crippen LogP contribution is -2.07. The van der Waals surface area contributed by atoms with E-state index in [9.17, 15) is 13.6 Å². The van der Waals surface area contributed by atoms with Crippen molar-refractivity contribution >= 4 is 5.97 Å². The van der Waals surface area contributed by atoms with Crippen molar-refractivity contribution in [2.45, 2.75) is 13.8 Å². The summed E-state index contributed by atoms with van der Waals surface area (Å²) in [5.74, 6) is 5.25. The number of aryl methyl sites for hydroxylation is 1. The van der Waals surface area contributed by atoms with Crippen LogP contribution in [-0.4, -0.2) is 12.6 Å². The molecule has 5 heteroatoms. The second-order valence-electron chi connectivity index (χ2n) is 5.72. The van der Waals surface area contributed by atoms with E-state index < -0.39 is 5.97 Å². The van der Waals surface area contributed by atoms with Gasteiger partial charge in [-0.15, -0.1) is 0 Å². The first-order chi connectivity index (χ1) is 13.0. The highest BCUT2D eigenvalue weighted by molar-refractivity contribution is 5.96. The van der Waals surface area contributed by atoms with E-state index in [2.05, 4.69) is 11.8 Å². The third kappa shape index (κ3) is 4.06. The number of rotatable bonds is 3. The monoisotopic (exact) mass is 366 g/mol. The van der Waals surface area contributed by atoms with E-state index in [-0.39, 0.29) is 23.8 Å². The zero-order valence-electron chi connectivity index (χ0n) is 14.8. The van der Waals surface area contributed by atoms with Crippen molar-refractivity contribution in [3.05, 3.63) is 82.6 Å². The number of esters is 1. The molecule has 0 atom stereocenters. The van der Waals surface area contributed by atoms with Crippen molar-refractivity contribution < 1.29 is 22.7 Å². The predicted molar refractivity (Wildman–Crippen MR) is 97.2 cm³/mol. The molecule has 3 aromatic rings. The molecular weight excluding hydrogens is 350 g/mol. The molecule has 1 aromatic heterocycles. The second-order valence-corrected chi connectivity index (χ2v) is 5.72. The maximum Gasteiger partial charge on any atom is 0.343 e. The fraction of sp³-hybridized carbons (Fsp3) is 0.136. The molecule has 0 aliphatic heterocycles. The number of halogens is 2. The van der Waals surface area contributed by atoms with Crippen molar-refractivity contribution in [1.82, 2.24) is 0 Å². The molecule has 0 amide bonds. The van der Waals surface area contributed by atoms with Crippen LogP contribution in [0.25, 0.3) is 11.3 Å². The molecule has 1 heterocycles. The summed E-state index contributed by atoms with van der Waals surface area (Å²) in [6.07, 6.45) is 0. The molecule has 0 aliphatic carbocycles. The summed E-state index contributed by atoms with van der Waals surface area (Å²) in [6, 6.07) is 11.4. The third-order valence-electron chi connectivity index (χ3n) is 3.85. The van der Waals surface area contributed by atoms with Crippen LogP contribution in [0.2, 0.25) is 0 Å². The summed E-state index contributed by atoms with van der Waals surface area (Å²) in [6.45, 7) is 3.56. The first-order valence-corrected chi connectivity index (χ1v) is 8.33. The number of benzene rings is 2. The average molecular weight is 366 g/mol. The number of ether oxygens (including phenoxy) is 1. The predicted octanol–water partition coefficient (Wildman–Crippen LogP) is 5.11. The van der Waals surface area contributed by atoms with E-state index in [1.807, 2.05) is 0 Å². The topological polar surface area (TPSA) is 39.4 Å². The molecule has 3 nitrogen and oxygen atoms in total. The summed E-state index contributed by atoms with van der Waals surface area (Å²) in [7, 11) is 0. The van der Waals surface area contributed by atoms with Crippen LogP contribution in [0.3, 0.4) is 0 Å². The Labute approximate surface area is 155 Å². The fourth-order valence-corrected chi connectivity index (χ4v) is 2.59. The van der Waals surface area contributed by atoms with Gasteiger partial charge in [0.2, 0.25) is 0 Å². The standard InChI is InChI=1S/C22H16F2O3/c1-3-26-22(25)20-14(2)27-21(16-7-11-18(24)12-8-16)19(20)13-6-15-4-9-17(23)10-5-15/h4-5,7-12H,3H2,1-2H3. The van der Waals surface area contributed by atoms with Crippen molar-refractivity contribution in [2.75, 3.05) is 6.61 Å². The number of hydrogen-bond acceptors (Lipinski definition) is 3. The molecule has 2 aromatic carbocycles. The summed E-state index contributed by atoms with van der Waals surface area (Å²) >= 11 is 0. The average Bonchev–Trinajstić information content (AvgIpc) is 2.98. The quantitative estimate of drug-likeness (QED) is 0.478. The van der Waals surface area contributed by atoms with Gasteiger partial charge in [0.1, 0.15) is 23.0 Å². The van der Waals surface area contributed by atoms with Crippen LogP contribution in [0.5, 0.6) is 0 Å². The minimum Gasteiger partial charge on any atom is -0.462 e. The maximum atomic E-state index is 13.3. The molecular formula is C22H16F2O3. The molecule has 0 unspecified atom stereocenters. The van der Waals surface area contributed by atoms with Gasteiger partial charge in [-0.3, -0.25) is 0 Å². The lowest BCUT2D eigenvalue weighted by molar-refractivity contribution is 0.0524. The van der Waals surface area contributed by atoms with Crippen molar-refractivity contribution in [3.63, 3.8) is 0 Å². The van der Waals surface area contributed by atoms with Gasteiger partial charge in [-0.2, -0.15) is 0 Å². The first-order valence-electron chi connectivity index (χ1n) is 8.33. The van der Waals surface area contributed by atoms with Gasteiger partial charge in [-0.1, -0.05) is 11.8 Å². The van der Waals surface area contributed by atoms with E-state index in [0.29, 0.717) is 28.2 Å². The molecule has 0 saturated carbocycles. The summed E-state index contributed by atoms with van der Waals surface area (Å²) in [4.78, 5) is 12.4. The van der Waals surface area contributed by atoms with Gasteiger partial charge in [-0.05, 0) is 62.4 Å². The molecule has 136 valence electrons. The van der Waals surface area contributed by atoms with Crippen LogP contribution < -0.4 is 0 Å². The van der Waals surface area contributed by atoms with Gasteiger partial charge in [0, 0.05) is 11.1 Å². The highest BCUT2D eigenvalue weighted by Gasteiger charge is 2.24. The van der Waals surface area contributed by atoms with Crippen LogP contribution in [0.15, 0.2) is 52.9 Å². The van der Waals surface area contributed by atoms with Gasteiger partial charge in [0.15, 0.2) is 5.76 Å². The number of furan rings is 1. The fourth-order valence-electron chi connectivity index (χ4n) is 2.59. The molecule has 0 radical (unpaired) electrons. The molecule has 0 saturated heterocycles. The van der Waals surface area contributed by atoms with Crippen LogP contribution in [-0.2, 0) is 4.74 Å². The van der Waals surface area contributed by atoms with Crippen molar-refractivity contribution in [3.8, 4) is 23.2 Å². The zero-order chi connectivity index (χ0) is 19.4. The van der Waals surface area contributed by atoms with Gasteiger partial charge < -0.3 is 9.15 Å². The van der Waals surface area contributed by atoms with E-state index in [4.69, 9.17) is 9.15 Å². The van der Waals surface area contributed by atoms with Crippen LogP contribution >= 0.6 is 0 Å². The van der Waals surface area contributed by atoms with Gasteiger partial charge >= 0.3 is 5.97 Å². The molecule has 0 fully saturated rings. The van der Waals surface area contributed by atoms with E-state index >= 15 is 0 Å². The zero-order valence-corrected chi connectivity index (χ0v) is 14.8. The Balaban J connectivity index is 2.14. The maximum absolute atomic E-state index is 13.3. The van der Waals surface area contributed by atoms with Crippen LogP contribution in [0, 0.1) is 30.4 Å². The molecule has 0 bridgehead atoms. The largest absolute Gasteiger partial charge is 0.462 e. The molecule has 0 spiro atoms. The smallest absolute Gasteiger partial charge is 0.343 e. The molecule has 27 heavy (non-hydrogen) atoms. The first kappa shape index (κ1) is 18.4. The summed E-state index contributed by atoms with van der Waals surface area (Å²) in [5.41, 5.74) is 1.74. The Kier molecular flexibility index (Phi) is 5.37. The lowest BCUT2D eigenvalue weighted by Gasteiger charge is -2.01. The molecule has 0 N–H and O–H groups in total. The third-order valence-corrected chi connectivity index (χ3v) is 3.85. The Morgan fingerprint density at radius 2 is 1.59 bits per heavy atom. The van der Waals surface area contributed by atoms with Gasteiger partial charge in [-0.25, -0.2) is 13.6 Å². The molecule has 0 aliphatic rings. The SMILES string of the molecule is CCOC(=O)c1c(C)oc(-c2ccc(F)cc2)c1C#Cc1ccc(F)cc1. The highest BCUT2D eigenvalue weighted by Crippen LogP contribution is 2.31. The second kappa shape index (κ2) is 7.88. The number of carbonyl (C=O) groups is 1. The Morgan fingerprint density at radius 1 is 1.00 bits per heavy atom. The van der Waals surface area contributed by atoms with Crippen molar-refractivity contribution in [1.29, 1.82) is 0 Å². The lowest BCUT2D eigenvalue weighted by atomic mass is 10.0. The Hall–Kier alpha value is -3.39. The van der Waals surface area contributed by atoms with Gasteiger partial charge in [0.25, 0.3) is 0 Å². The highest BCUT2D eigenvalue weighted by atomic mass is 19.1. The number of carbonyl (C=O) groups excluding carboxylic acids is 1. The summed E-state index contributed by atoms with van der Waals surface area (Å²) in [5, 5.41) is 0. The summed E-state index contributed by atoms with van der Waals surface area (Å²) < 4.78 is 37.2. The van der Waals surface area contributed by atoms with Gasteiger partial charge in [0.05, 0.1) is 12.2 Å². The minimum atomic E-state index is -0.546. The normalized spacial score (nSPS) is 10.2. The van der Waals surface area contributed by atoms with Crippen molar-refractivity contribution in [2.24, 2.45) is 0 Å². The van der Waals surface area contributed by atoms with E-state index in [1.54, 1.807) is 26.0 Å². The number of hydrogen-bond donors (Lipinski definition) is 0. The van der Waals surface area contributed by atoms with E-state index in [1.165, 1.54) is 36.4 Å². The van der Waals surface area contributed by atoms with Crippen LogP contribution in [0.4, 0.5) is 8.78 Å². The Bertz CT molecular complexity index is 1020. The minimum absolute atomic E-state index is 0.208. The molecule has 3 rings (SSSR count). The van der Waals surface area contributed by atoms with E-state index in [0.717, 1.165) is 0 Å². The van der Waals surface area contributed by atoms with Crippen LogP contribution in [0.1, 0.15) is 34.2 Å².